The van der Waals surface area contributed by atoms with E-state index in [1.807, 2.05) is 0 Å². The Balaban J connectivity index is 1.43. The molecule has 0 spiro atoms. The molecule has 1 aromatic heterocycles. The van der Waals surface area contributed by atoms with Crippen molar-refractivity contribution < 1.29 is 44.2 Å². The first-order valence-electron chi connectivity index (χ1n) is 29.0. The molecule has 0 bridgehead atoms. The van der Waals surface area contributed by atoms with Crippen LogP contribution in [0.2, 0.25) is 0 Å². The molecule has 0 radical (unpaired) electrons. The zero-order valence-corrected chi connectivity index (χ0v) is 24.5. The molecule has 0 unspecified atom stereocenters. The van der Waals surface area contributed by atoms with E-state index in [0.29, 0.717) is 0 Å². The van der Waals surface area contributed by atoms with E-state index in [2.05, 4.69) is 0 Å². The van der Waals surface area contributed by atoms with Crippen molar-refractivity contribution in [1.29, 1.82) is 0 Å². The Bertz CT molecular complexity index is 4390. The first-order valence-corrected chi connectivity index (χ1v) is 14.5. The summed E-state index contributed by atoms with van der Waals surface area (Å²) in [7, 11) is 0. The molecule has 9 aromatic carbocycles. The summed E-state index contributed by atoms with van der Waals surface area (Å²) in [6.07, 6.45) is 0. The summed E-state index contributed by atoms with van der Waals surface area (Å²) in [6, 6.07) is -25.5. The largest absolute Gasteiger partial charge is 0.455 e. The van der Waals surface area contributed by atoms with Gasteiger partial charge in [0.15, 0.2) is 0 Å². The fourth-order valence-corrected chi connectivity index (χ4v) is 5.85. The highest BCUT2D eigenvalue weighted by atomic mass is 16.3. The summed E-state index contributed by atoms with van der Waals surface area (Å²) in [5.41, 5.74) is -6.96. The van der Waals surface area contributed by atoms with Gasteiger partial charge in [0.1, 0.15) is 11.2 Å². The van der Waals surface area contributed by atoms with Crippen LogP contribution in [0.3, 0.4) is 0 Å². The lowest BCUT2D eigenvalue weighted by Crippen LogP contribution is -1.91. The van der Waals surface area contributed by atoms with E-state index < -0.39 is 269 Å². The standard InChI is InChI=1S/C48H30O/c1-2-12-31(13-3-1)35-28-29-38-43-22-11-23-44(48(43)49-45(38)30-35)47-41-19-8-6-17-39(41)46(40-18-7-9-20-42(40)47)34-26-24-33(25-27-34)37-21-10-15-32-14-4-5-16-36(32)37/h1-30H/i1D,2D,3D,4D,5D,6D,7D,8D,9D,10D,11D,12D,13D,14D,15D,16D,17D,18D,19D,20D,21D,23D,24D,25D,26D,27D,28D,29D,30D. The molecular weight excluding hydrogens is 593 g/mol. The SMILES string of the molecule is [2H]c1cc2c(oc3c([2H])c(-c4c([2H])c([2H])c([2H])c([2H])c4[2H])c([2H])c([2H])c32)c(-c2c3c([2H])c([2H])c([2H])c([2H])c3c(-c3c([2H])c([2H])c(-c4c([2H])c([2H])c([2H])c5c([2H])c([2H])c([2H])c([2H])c45)c([2H])c3[2H])c3c([2H])c([2H])c([2H])c([2H])c23)c1[2H]. The minimum atomic E-state index is -1.10. The summed E-state index contributed by atoms with van der Waals surface area (Å²) in [4.78, 5) is 0. The van der Waals surface area contributed by atoms with Gasteiger partial charge in [-0.1, -0.05) is 169 Å². The summed E-state index contributed by atoms with van der Waals surface area (Å²) >= 11 is 0. The zero-order chi connectivity index (χ0) is 57.5. The lowest BCUT2D eigenvalue weighted by molar-refractivity contribution is 0.670. The molecule has 10 aromatic rings. The van der Waals surface area contributed by atoms with Gasteiger partial charge in [0.2, 0.25) is 0 Å². The number of benzene rings is 9. The summed E-state index contributed by atoms with van der Waals surface area (Å²) in [6.45, 7) is 0. The first-order chi connectivity index (χ1) is 36.4. The van der Waals surface area contributed by atoms with Crippen molar-refractivity contribution in [3.8, 4) is 44.5 Å². The van der Waals surface area contributed by atoms with Crippen molar-refractivity contribution in [2.24, 2.45) is 0 Å². The first kappa shape index (κ1) is 11.3. The Hall–Kier alpha value is -6.44. The molecule has 0 saturated heterocycles. The molecule has 49 heavy (non-hydrogen) atoms. The van der Waals surface area contributed by atoms with Crippen LogP contribution in [0.15, 0.2) is 186 Å². The molecule has 0 N–H and O–H groups in total. The summed E-state index contributed by atoms with van der Waals surface area (Å²) in [5, 5.41) is -4.80. The molecule has 1 heteroatoms. The molecule has 0 aliphatic heterocycles. The molecule has 0 aliphatic carbocycles. The van der Waals surface area contributed by atoms with E-state index in [0.717, 1.165) is 6.07 Å². The van der Waals surface area contributed by atoms with Crippen LogP contribution in [-0.2, 0) is 0 Å². The average molecular weight is 652 g/mol. The normalized spacial score (nSPS) is 20.0. The van der Waals surface area contributed by atoms with Gasteiger partial charge in [-0.2, -0.15) is 0 Å². The number of fused-ring (bicyclic) bond motifs is 6. The van der Waals surface area contributed by atoms with Crippen molar-refractivity contribution in [1.82, 2.24) is 0 Å². The van der Waals surface area contributed by atoms with Gasteiger partial charge in [0, 0.05) is 21.9 Å². The van der Waals surface area contributed by atoms with Crippen molar-refractivity contribution in [2.45, 2.75) is 0 Å². The lowest BCUT2D eigenvalue weighted by atomic mass is 9.85. The quantitative estimate of drug-likeness (QED) is 0.173. The van der Waals surface area contributed by atoms with E-state index in [9.17, 15) is 15.1 Å². The van der Waals surface area contributed by atoms with Crippen LogP contribution in [0.5, 0.6) is 0 Å². The minimum Gasteiger partial charge on any atom is -0.455 e. The lowest BCUT2D eigenvalue weighted by Gasteiger charge is -2.18. The molecule has 0 atom stereocenters. The van der Waals surface area contributed by atoms with Crippen LogP contribution in [0.25, 0.3) is 98.8 Å². The number of hydrogen-bond donors (Lipinski definition) is 0. The van der Waals surface area contributed by atoms with Gasteiger partial charge in [0.05, 0.1) is 39.8 Å². The number of furan rings is 1. The Morgan fingerprint density at radius 1 is 0.347 bits per heavy atom. The van der Waals surface area contributed by atoms with E-state index in [1.54, 1.807) is 0 Å². The second kappa shape index (κ2) is 11.1. The Kier molecular flexibility index (Phi) is 2.56. The predicted octanol–water partition coefficient (Wildman–Crippen LogP) is 13.7. The van der Waals surface area contributed by atoms with Crippen molar-refractivity contribution in [3.05, 3.63) is 181 Å². The Morgan fingerprint density at radius 3 is 1.65 bits per heavy atom. The van der Waals surface area contributed by atoms with Crippen molar-refractivity contribution >= 4 is 54.3 Å². The van der Waals surface area contributed by atoms with Gasteiger partial charge in [-0.3, -0.25) is 0 Å². The number of para-hydroxylation sites is 1. The van der Waals surface area contributed by atoms with Gasteiger partial charge in [-0.25, -0.2) is 0 Å². The molecule has 0 aliphatic rings. The maximum Gasteiger partial charge on any atom is 0.143 e. The maximum absolute atomic E-state index is 9.60. The highest BCUT2D eigenvalue weighted by Crippen LogP contribution is 2.47. The van der Waals surface area contributed by atoms with Crippen LogP contribution in [0.4, 0.5) is 0 Å². The minimum absolute atomic E-state index is 0.303. The van der Waals surface area contributed by atoms with Crippen LogP contribution >= 0.6 is 0 Å². The second-order valence-electron chi connectivity index (χ2n) is 10.6. The van der Waals surface area contributed by atoms with Crippen molar-refractivity contribution in [2.75, 3.05) is 0 Å². The van der Waals surface area contributed by atoms with Crippen LogP contribution < -0.4 is 0 Å². The summed E-state index contributed by atoms with van der Waals surface area (Å²) < 4.78 is 266. The van der Waals surface area contributed by atoms with E-state index in [1.165, 1.54) is 0 Å². The van der Waals surface area contributed by atoms with Gasteiger partial charge in [0.25, 0.3) is 0 Å². The smallest absolute Gasteiger partial charge is 0.143 e. The van der Waals surface area contributed by atoms with E-state index in [-0.39, 0.29) is 5.39 Å². The number of rotatable bonds is 4. The van der Waals surface area contributed by atoms with Gasteiger partial charge in [-0.15, -0.1) is 0 Å². The predicted molar refractivity (Wildman–Crippen MR) is 208 cm³/mol. The molecule has 0 fully saturated rings. The van der Waals surface area contributed by atoms with Gasteiger partial charge < -0.3 is 4.42 Å². The second-order valence-corrected chi connectivity index (χ2v) is 10.6. The fourth-order valence-electron chi connectivity index (χ4n) is 5.85. The highest BCUT2D eigenvalue weighted by Gasteiger charge is 2.20. The number of hydrogen-bond acceptors (Lipinski definition) is 1. The fraction of sp³-hybridized carbons (Fsp3) is 0. The van der Waals surface area contributed by atoms with Crippen LogP contribution in [-0.4, -0.2) is 0 Å². The molecule has 1 heterocycles. The average Bonchev–Trinajstić information content (AvgIpc) is 3.97. The summed E-state index contributed by atoms with van der Waals surface area (Å²) in [5.74, 6) is 0. The third kappa shape index (κ3) is 4.40. The maximum atomic E-state index is 9.60. The van der Waals surface area contributed by atoms with Crippen LogP contribution in [0, 0.1) is 0 Å². The van der Waals surface area contributed by atoms with E-state index >= 15 is 0 Å². The highest BCUT2D eigenvalue weighted by molar-refractivity contribution is 6.24. The van der Waals surface area contributed by atoms with Crippen molar-refractivity contribution in [3.63, 3.8) is 0 Å². The Labute approximate surface area is 325 Å². The zero-order valence-electron chi connectivity index (χ0n) is 53.5. The van der Waals surface area contributed by atoms with E-state index in [4.69, 9.17) is 29.1 Å². The molecular formula is C48H30O. The van der Waals surface area contributed by atoms with Gasteiger partial charge >= 0.3 is 0 Å². The molecule has 0 saturated carbocycles. The third-order valence-electron chi connectivity index (χ3n) is 7.95. The van der Waals surface area contributed by atoms with Crippen LogP contribution in [0.1, 0.15) is 39.8 Å². The third-order valence-corrected chi connectivity index (χ3v) is 7.95. The topological polar surface area (TPSA) is 13.1 Å². The molecule has 1 nitrogen and oxygen atoms in total. The molecule has 10 rings (SSSR count). The Morgan fingerprint density at radius 2 is 0.918 bits per heavy atom. The molecule has 228 valence electrons. The van der Waals surface area contributed by atoms with Gasteiger partial charge in [-0.05, 0) is 77.8 Å². The monoisotopic (exact) mass is 651 g/mol. The molecule has 0 amide bonds.